The fourth-order valence-electron chi connectivity index (χ4n) is 1.76. The van der Waals surface area contributed by atoms with Crippen LogP contribution in [0, 0.1) is 0 Å². The lowest BCUT2D eigenvalue weighted by Gasteiger charge is -2.33. The Hall–Kier alpha value is -1.12. The molecule has 0 saturated carbocycles. The summed E-state index contributed by atoms with van der Waals surface area (Å²) in [5.74, 6) is 0.175. The van der Waals surface area contributed by atoms with Crippen LogP contribution in [0.1, 0.15) is 12.0 Å². The second-order valence-electron chi connectivity index (χ2n) is 4.24. The number of hydrogen-bond acceptors (Lipinski definition) is 5. The molecule has 5 nitrogen and oxygen atoms in total. The molecular formula is C10H14ClF3N4O. The molecule has 3 N–H and O–H groups in total. The molecule has 0 aliphatic carbocycles. The second kappa shape index (κ2) is 5.89. The molecule has 2 atom stereocenters. The van der Waals surface area contributed by atoms with Crippen molar-refractivity contribution in [3.8, 4) is 0 Å². The van der Waals surface area contributed by atoms with Gasteiger partial charge in [-0.3, -0.25) is 0 Å². The summed E-state index contributed by atoms with van der Waals surface area (Å²) < 4.78 is 37.0. The van der Waals surface area contributed by atoms with Crippen LogP contribution in [-0.4, -0.2) is 40.3 Å². The summed E-state index contributed by atoms with van der Waals surface area (Å²) in [4.78, 5) is 8.96. The van der Waals surface area contributed by atoms with Crippen LogP contribution >= 0.6 is 12.4 Å². The minimum atomic E-state index is -4.44. The number of nitrogens with two attached hydrogens (primary N) is 1. The molecule has 1 aromatic rings. The molecular weight excluding hydrogens is 285 g/mol. The van der Waals surface area contributed by atoms with Gasteiger partial charge in [0.1, 0.15) is 0 Å². The highest BCUT2D eigenvalue weighted by Crippen LogP contribution is 2.28. The summed E-state index contributed by atoms with van der Waals surface area (Å²) in [5.41, 5.74) is 4.75. The zero-order chi connectivity index (χ0) is 13.3. The SMILES string of the molecule is Cl.N[C@H]1CCN(c2ncc(C(F)(F)F)cn2)C[C@@H]1O. The largest absolute Gasteiger partial charge is 0.419 e. The third kappa shape index (κ3) is 3.68. The van der Waals surface area contributed by atoms with E-state index in [0.29, 0.717) is 13.0 Å². The summed E-state index contributed by atoms with van der Waals surface area (Å²) in [5, 5.41) is 9.59. The van der Waals surface area contributed by atoms with Crippen LogP contribution < -0.4 is 10.6 Å². The van der Waals surface area contributed by atoms with Gasteiger partial charge in [0, 0.05) is 31.5 Å². The van der Waals surface area contributed by atoms with Crippen molar-refractivity contribution in [3.05, 3.63) is 18.0 Å². The predicted octanol–water partition coefficient (Wildman–Crippen LogP) is 0.815. The van der Waals surface area contributed by atoms with Gasteiger partial charge in [0.15, 0.2) is 0 Å². The Bertz CT molecular complexity index is 414. The maximum absolute atomic E-state index is 12.3. The van der Waals surface area contributed by atoms with Crippen LogP contribution in [-0.2, 0) is 6.18 Å². The summed E-state index contributed by atoms with van der Waals surface area (Å²) >= 11 is 0. The molecule has 2 rings (SSSR count). The van der Waals surface area contributed by atoms with E-state index in [1.807, 2.05) is 0 Å². The standard InChI is InChI=1S/C10H13F3N4O.ClH/c11-10(12,13)6-3-15-9(16-4-6)17-2-1-7(14)8(18)5-17;/h3-4,7-8,18H,1-2,5,14H2;1H/t7-,8-;/m0./s1. The Morgan fingerprint density at radius 3 is 2.37 bits per heavy atom. The van der Waals surface area contributed by atoms with Crippen molar-refractivity contribution < 1.29 is 18.3 Å². The Labute approximate surface area is 114 Å². The molecule has 1 saturated heterocycles. The molecule has 1 aliphatic heterocycles. The van der Waals surface area contributed by atoms with Gasteiger partial charge in [-0.2, -0.15) is 13.2 Å². The molecule has 1 aromatic heterocycles. The van der Waals surface area contributed by atoms with Crippen molar-refractivity contribution in [2.75, 3.05) is 18.0 Å². The normalized spacial score (nSPS) is 23.9. The van der Waals surface area contributed by atoms with Gasteiger partial charge in [-0.05, 0) is 6.42 Å². The quantitative estimate of drug-likeness (QED) is 0.803. The molecule has 0 aromatic carbocycles. The predicted molar refractivity (Wildman–Crippen MR) is 65.1 cm³/mol. The molecule has 9 heteroatoms. The summed E-state index contributed by atoms with van der Waals surface area (Å²) in [7, 11) is 0. The fraction of sp³-hybridized carbons (Fsp3) is 0.600. The number of rotatable bonds is 1. The summed E-state index contributed by atoms with van der Waals surface area (Å²) in [6.45, 7) is 0.746. The van der Waals surface area contributed by atoms with E-state index >= 15 is 0 Å². The maximum Gasteiger partial charge on any atom is 0.419 e. The number of nitrogens with zero attached hydrogens (tertiary/aromatic N) is 3. The van der Waals surface area contributed by atoms with Crippen molar-refractivity contribution in [2.24, 2.45) is 5.73 Å². The highest BCUT2D eigenvalue weighted by Gasteiger charge is 2.32. The van der Waals surface area contributed by atoms with E-state index in [-0.39, 0.29) is 30.9 Å². The molecule has 19 heavy (non-hydrogen) atoms. The number of β-amino-alcohol motifs (C(OH)–C–C–N with tert-alkyl or cyclic N) is 1. The molecule has 1 aliphatic rings. The lowest BCUT2D eigenvalue weighted by atomic mass is 10.0. The van der Waals surface area contributed by atoms with Crippen LogP contribution in [0.15, 0.2) is 12.4 Å². The van der Waals surface area contributed by atoms with E-state index in [2.05, 4.69) is 9.97 Å². The van der Waals surface area contributed by atoms with Gasteiger partial charge >= 0.3 is 6.18 Å². The van der Waals surface area contributed by atoms with Crippen LogP contribution in [0.2, 0.25) is 0 Å². The van der Waals surface area contributed by atoms with Crippen LogP contribution in [0.4, 0.5) is 19.1 Å². The highest BCUT2D eigenvalue weighted by molar-refractivity contribution is 5.85. The van der Waals surface area contributed by atoms with Crippen LogP contribution in [0.25, 0.3) is 0 Å². The summed E-state index contributed by atoms with van der Waals surface area (Å²) in [6.07, 6.45) is -3.13. The van der Waals surface area contributed by atoms with Crippen molar-refractivity contribution in [1.82, 2.24) is 9.97 Å². The number of alkyl halides is 3. The molecule has 0 amide bonds. The van der Waals surface area contributed by atoms with Gasteiger partial charge in [-0.15, -0.1) is 12.4 Å². The molecule has 1 fully saturated rings. The lowest BCUT2D eigenvalue weighted by Crippen LogP contribution is -2.51. The van der Waals surface area contributed by atoms with Gasteiger partial charge < -0.3 is 15.7 Å². The number of aliphatic hydroxyl groups excluding tert-OH is 1. The van der Waals surface area contributed by atoms with E-state index in [4.69, 9.17) is 5.73 Å². The van der Waals surface area contributed by atoms with Gasteiger partial charge in [0.25, 0.3) is 0 Å². The highest BCUT2D eigenvalue weighted by atomic mass is 35.5. The maximum atomic E-state index is 12.3. The van der Waals surface area contributed by atoms with E-state index in [0.717, 1.165) is 12.4 Å². The van der Waals surface area contributed by atoms with Crippen molar-refractivity contribution in [3.63, 3.8) is 0 Å². The Balaban J connectivity index is 0.00000180. The average molecular weight is 299 g/mol. The topological polar surface area (TPSA) is 75.3 Å². The number of aliphatic hydroxyl groups is 1. The van der Waals surface area contributed by atoms with E-state index in [9.17, 15) is 18.3 Å². The lowest BCUT2D eigenvalue weighted by molar-refractivity contribution is -0.138. The molecule has 0 unspecified atom stereocenters. The Morgan fingerprint density at radius 1 is 1.32 bits per heavy atom. The van der Waals surface area contributed by atoms with Crippen molar-refractivity contribution >= 4 is 18.4 Å². The van der Waals surface area contributed by atoms with E-state index in [1.165, 1.54) is 0 Å². The van der Waals surface area contributed by atoms with Gasteiger partial charge in [-0.1, -0.05) is 0 Å². The Kier molecular flexibility index (Phi) is 4.94. The average Bonchev–Trinajstić information content (AvgIpc) is 2.32. The number of piperidine rings is 1. The first-order valence-electron chi connectivity index (χ1n) is 5.46. The molecule has 0 radical (unpaired) electrons. The van der Waals surface area contributed by atoms with E-state index in [1.54, 1.807) is 4.90 Å². The minimum Gasteiger partial charge on any atom is -0.390 e. The molecule has 108 valence electrons. The first kappa shape index (κ1) is 15.9. The first-order valence-corrected chi connectivity index (χ1v) is 5.46. The molecule has 0 spiro atoms. The van der Waals surface area contributed by atoms with Gasteiger partial charge in [0.05, 0.1) is 11.7 Å². The zero-order valence-electron chi connectivity index (χ0n) is 9.84. The summed E-state index contributed by atoms with van der Waals surface area (Å²) in [6, 6.07) is -0.310. The number of hydrogen-bond donors (Lipinski definition) is 2. The monoisotopic (exact) mass is 298 g/mol. The van der Waals surface area contributed by atoms with Crippen molar-refractivity contribution in [1.29, 1.82) is 0 Å². The minimum absolute atomic E-state index is 0. The third-order valence-electron chi connectivity index (χ3n) is 2.88. The van der Waals surface area contributed by atoms with Crippen LogP contribution in [0.3, 0.4) is 0 Å². The number of aromatic nitrogens is 2. The van der Waals surface area contributed by atoms with E-state index < -0.39 is 17.8 Å². The van der Waals surface area contributed by atoms with Crippen molar-refractivity contribution in [2.45, 2.75) is 24.7 Å². The zero-order valence-corrected chi connectivity index (χ0v) is 10.7. The number of anilines is 1. The second-order valence-corrected chi connectivity index (χ2v) is 4.24. The van der Waals surface area contributed by atoms with Gasteiger partial charge in [-0.25, -0.2) is 9.97 Å². The fourth-order valence-corrected chi connectivity index (χ4v) is 1.76. The molecule has 2 heterocycles. The third-order valence-corrected chi connectivity index (χ3v) is 2.88. The van der Waals surface area contributed by atoms with Gasteiger partial charge in [0.2, 0.25) is 5.95 Å². The Morgan fingerprint density at radius 2 is 1.89 bits per heavy atom. The first-order chi connectivity index (χ1) is 8.38. The van der Waals surface area contributed by atoms with Crippen LogP contribution in [0.5, 0.6) is 0 Å². The smallest absolute Gasteiger partial charge is 0.390 e. The molecule has 0 bridgehead atoms. The number of halogens is 4.